The fourth-order valence-electron chi connectivity index (χ4n) is 1.31. The summed E-state index contributed by atoms with van der Waals surface area (Å²) in [5.74, 6) is 0.718. The number of halogens is 1. The van der Waals surface area contributed by atoms with Crippen LogP contribution in [-0.4, -0.2) is 4.98 Å². The monoisotopic (exact) mass is 252 g/mol. The third-order valence-electron chi connectivity index (χ3n) is 1.93. The molecule has 0 spiro atoms. The average molecular weight is 253 g/mol. The van der Waals surface area contributed by atoms with Gasteiger partial charge in [0, 0.05) is 10.0 Å². The van der Waals surface area contributed by atoms with Gasteiger partial charge in [-0.2, -0.15) is 4.98 Å². The van der Waals surface area contributed by atoms with Gasteiger partial charge in [-0.25, -0.2) is 0 Å². The van der Waals surface area contributed by atoms with Crippen LogP contribution in [-0.2, 0) is 0 Å². The van der Waals surface area contributed by atoms with Crippen LogP contribution in [0.2, 0.25) is 0 Å². The van der Waals surface area contributed by atoms with E-state index in [0.29, 0.717) is 0 Å². The Kier molecular flexibility index (Phi) is 2.29. The van der Waals surface area contributed by atoms with E-state index in [-0.39, 0.29) is 6.01 Å². The number of hydrogen-bond donors (Lipinski definition) is 1. The molecule has 72 valence electrons. The van der Waals surface area contributed by atoms with E-state index in [4.69, 9.17) is 10.2 Å². The molecule has 2 aromatic rings. The van der Waals surface area contributed by atoms with E-state index in [1.54, 1.807) is 0 Å². The maximum atomic E-state index is 5.47. The lowest BCUT2D eigenvalue weighted by Crippen LogP contribution is -1.81. The van der Waals surface area contributed by atoms with Crippen LogP contribution in [0.3, 0.4) is 0 Å². The number of hydrogen-bond acceptors (Lipinski definition) is 3. The maximum Gasteiger partial charge on any atom is 0.292 e. The third kappa shape index (κ3) is 1.53. The Bertz CT molecular complexity index is 465. The Morgan fingerprint density at radius 3 is 2.64 bits per heavy atom. The van der Waals surface area contributed by atoms with E-state index in [1.807, 2.05) is 31.2 Å². The minimum absolute atomic E-state index is 0.202. The molecule has 0 saturated heterocycles. The molecule has 0 unspecified atom stereocenters. The lowest BCUT2D eigenvalue weighted by atomic mass is 10.1. The molecule has 0 fully saturated rings. The number of benzene rings is 1. The predicted octanol–water partition coefficient (Wildman–Crippen LogP) is 2.99. The molecule has 0 amide bonds. The number of oxazole rings is 1. The van der Waals surface area contributed by atoms with E-state index in [9.17, 15) is 0 Å². The third-order valence-corrected chi connectivity index (χ3v) is 2.62. The Hall–Kier alpha value is -1.29. The maximum absolute atomic E-state index is 5.47. The fraction of sp³-hybridized carbons (Fsp3) is 0.100. The van der Waals surface area contributed by atoms with Gasteiger partial charge in [0.25, 0.3) is 6.01 Å². The van der Waals surface area contributed by atoms with Crippen LogP contribution in [0.1, 0.15) is 5.69 Å². The van der Waals surface area contributed by atoms with Crippen molar-refractivity contribution in [2.24, 2.45) is 0 Å². The second-order valence-corrected chi connectivity index (χ2v) is 3.80. The van der Waals surface area contributed by atoms with Gasteiger partial charge in [-0.3, -0.25) is 0 Å². The van der Waals surface area contributed by atoms with Gasteiger partial charge in [0.2, 0.25) is 0 Å². The fourth-order valence-corrected chi connectivity index (χ4v) is 1.78. The summed E-state index contributed by atoms with van der Waals surface area (Å²) in [6.07, 6.45) is 0. The first-order valence-corrected chi connectivity index (χ1v) is 4.95. The molecule has 0 aliphatic carbocycles. The van der Waals surface area contributed by atoms with Gasteiger partial charge in [-0.05, 0) is 13.0 Å². The van der Waals surface area contributed by atoms with Crippen molar-refractivity contribution in [1.82, 2.24) is 4.98 Å². The van der Waals surface area contributed by atoms with Crippen molar-refractivity contribution >= 4 is 21.9 Å². The first-order valence-electron chi connectivity index (χ1n) is 4.16. The van der Waals surface area contributed by atoms with Crippen molar-refractivity contribution in [1.29, 1.82) is 0 Å². The van der Waals surface area contributed by atoms with Crippen LogP contribution < -0.4 is 5.73 Å². The second-order valence-electron chi connectivity index (χ2n) is 2.95. The van der Waals surface area contributed by atoms with Crippen molar-refractivity contribution in [2.75, 3.05) is 5.73 Å². The zero-order valence-corrected chi connectivity index (χ0v) is 9.21. The molecular weight excluding hydrogens is 244 g/mol. The molecule has 3 nitrogen and oxygen atoms in total. The Labute approximate surface area is 90.1 Å². The average Bonchev–Trinajstić information content (AvgIpc) is 2.46. The summed E-state index contributed by atoms with van der Waals surface area (Å²) < 4.78 is 6.29. The zero-order valence-electron chi connectivity index (χ0n) is 7.62. The summed E-state index contributed by atoms with van der Waals surface area (Å²) in [4.78, 5) is 4.02. The predicted molar refractivity (Wildman–Crippen MR) is 58.8 cm³/mol. The molecule has 0 aliphatic heterocycles. The summed E-state index contributed by atoms with van der Waals surface area (Å²) in [5.41, 5.74) is 7.24. The summed E-state index contributed by atoms with van der Waals surface area (Å²) >= 11 is 3.45. The highest BCUT2D eigenvalue weighted by atomic mass is 79.9. The lowest BCUT2D eigenvalue weighted by molar-refractivity contribution is 0.593. The SMILES string of the molecule is Cc1nc(N)oc1-c1ccccc1Br. The van der Waals surface area contributed by atoms with Crippen molar-refractivity contribution in [2.45, 2.75) is 6.92 Å². The van der Waals surface area contributed by atoms with Crippen LogP contribution in [0.25, 0.3) is 11.3 Å². The standard InChI is InChI=1S/C10H9BrN2O/c1-6-9(14-10(12)13-6)7-4-2-3-5-8(7)11/h2-5H,1H3,(H2,12,13). The number of aromatic nitrogens is 1. The van der Waals surface area contributed by atoms with Gasteiger partial charge in [-0.1, -0.05) is 34.1 Å². The molecular formula is C10H9BrN2O. The van der Waals surface area contributed by atoms with Crippen LogP contribution in [0.15, 0.2) is 33.2 Å². The largest absolute Gasteiger partial charge is 0.423 e. The molecule has 1 heterocycles. The normalized spacial score (nSPS) is 10.4. The van der Waals surface area contributed by atoms with E-state index in [2.05, 4.69) is 20.9 Å². The van der Waals surface area contributed by atoms with Crippen molar-refractivity contribution in [3.63, 3.8) is 0 Å². The molecule has 0 aliphatic rings. The van der Waals surface area contributed by atoms with Crippen LogP contribution in [0, 0.1) is 6.92 Å². The lowest BCUT2D eigenvalue weighted by Gasteiger charge is -1.99. The molecule has 0 saturated carbocycles. The quantitative estimate of drug-likeness (QED) is 0.849. The van der Waals surface area contributed by atoms with Crippen LogP contribution >= 0.6 is 15.9 Å². The number of rotatable bonds is 1. The molecule has 2 N–H and O–H groups in total. The molecule has 0 radical (unpaired) electrons. The van der Waals surface area contributed by atoms with Gasteiger partial charge in [0.1, 0.15) is 0 Å². The van der Waals surface area contributed by atoms with Gasteiger partial charge < -0.3 is 10.2 Å². The van der Waals surface area contributed by atoms with Gasteiger partial charge >= 0.3 is 0 Å². The number of aryl methyl sites for hydroxylation is 1. The zero-order chi connectivity index (χ0) is 10.1. The molecule has 0 atom stereocenters. The number of nitrogens with two attached hydrogens (primary N) is 1. The summed E-state index contributed by atoms with van der Waals surface area (Å²) in [7, 11) is 0. The molecule has 1 aromatic heterocycles. The van der Waals surface area contributed by atoms with Gasteiger partial charge in [0.15, 0.2) is 5.76 Å². The summed E-state index contributed by atoms with van der Waals surface area (Å²) in [5, 5.41) is 0. The van der Waals surface area contributed by atoms with Crippen molar-refractivity contribution < 1.29 is 4.42 Å². The van der Waals surface area contributed by atoms with E-state index >= 15 is 0 Å². The van der Waals surface area contributed by atoms with E-state index < -0.39 is 0 Å². The van der Waals surface area contributed by atoms with Gasteiger partial charge in [-0.15, -0.1) is 0 Å². The van der Waals surface area contributed by atoms with Crippen LogP contribution in [0.5, 0.6) is 0 Å². The number of nitrogens with zero attached hydrogens (tertiary/aromatic N) is 1. The molecule has 2 rings (SSSR count). The molecule has 14 heavy (non-hydrogen) atoms. The Balaban J connectivity index is 2.60. The smallest absolute Gasteiger partial charge is 0.292 e. The van der Waals surface area contributed by atoms with E-state index in [1.165, 1.54) is 0 Å². The number of nitrogen functional groups attached to an aromatic ring is 1. The second kappa shape index (κ2) is 3.46. The highest BCUT2D eigenvalue weighted by Gasteiger charge is 2.11. The van der Waals surface area contributed by atoms with Crippen molar-refractivity contribution in [3.8, 4) is 11.3 Å². The molecule has 4 heteroatoms. The van der Waals surface area contributed by atoms with E-state index in [0.717, 1.165) is 21.5 Å². The minimum Gasteiger partial charge on any atom is -0.423 e. The number of anilines is 1. The first kappa shape index (κ1) is 9.27. The Morgan fingerprint density at radius 1 is 1.36 bits per heavy atom. The summed E-state index contributed by atoms with van der Waals surface area (Å²) in [6, 6.07) is 8.00. The first-order chi connectivity index (χ1) is 6.68. The molecule has 1 aromatic carbocycles. The van der Waals surface area contributed by atoms with Crippen molar-refractivity contribution in [3.05, 3.63) is 34.4 Å². The molecule has 0 bridgehead atoms. The summed E-state index contributed by atoms with van der Waals surface area (Å²) in [6.45, 7) is 1.87. The minimum atomic E-state index is 0.202. The van der Waals surface area contributed by atoms with Crippen LogP contribution in [0.4, 0.5) is 6.01 Å². The highest BCUT2D eigenvalue weighted by molar-refractivity contribution is 9.10. The topological polar surface area (TPSA) is 52.0 Å². The van der Waals surface area contributed by atoms with Gasteiger partial charge in [0.05, 0.1) is 5.69 Å². The Morgan fingerprint density at radius 2 is 2.07 bits per heavy atom. The highest BCUT2D eigenvalue weighted by Crippen LogP contribution is 2.31.